The third-order valence-electron chi connectivity index (χ3n) is 8.31. The van der Waals surface area contributed by atoms with Crippen molar-refractivity contribution in [2.75, 3.05) is 19.7 Å². The number of aromatic nitrogens is 4. The quantitative estimate of drug-likeness (QED) is 0.239. The lowest BCUT2D eigenvalue weighted by Crippen LogP contribution is -2.62. The van der Waals surface area contributed by atoms with Gasteiger partial charge in [0.15, 0.2) is 5.78 Å². The number of hydrogen-bond acceptors (Lipinski definition) is 11. The van der Waals surface area contributed by atoms with Gasteiger partial charge in [-0.15, -0.1) is 16.9 Å². The standard InChI is InChI=1S/C24H34N8O6S/c1-11(3-15(34)8-30-10-27-28-29-30)18-19-12(2)21(20(24(37)38)32(19)23(18)36)39-16-5-17(26-6-16)22(35)31-7-13(25)4-14(31)9-33/h10-14,16-19,26,33H,3-9,25H2,1-2H3,(H,37,38)/t11-,12+,13+,14-,16-,17?,18+,19+/m0/s1. The summed E-state index contributed by atoms with van der Waals surface area (Å²) >= 11 is 1.42. The molecule has 5 rings (SSSR count). The smallest absolute Gasteiger partial charge is 0.353 e. The highest BCUT2D eigenvalue weighted by Crippen LogP contribution is 2.53. The minimum atomic E-state index is -1.16. The number of carboxylic acid groups (broad SMARTS) is 1. The Morgan fingerprint density at radius 2 is 2.08 bits per heavy atom. The van der Waals surface area contributed by atoms with Crippen LogP contribution in [0.25, 0.3) is 0 Å². The van der Waals surface area contributed by atoms with Crippen molar-refractivity contribution in [1.29, 1.82) is 0 Å². The maximum absolute atomic E-state index is 13.2. The van der Waals surface area contributed by atoms with Crippen LogP contribution >= 0.6 is 11.8 Å². The minimum Gasteiger partial charge on any atom is -0.477 e. The molecule has 39 heavy (non-hydrogen) atoms. The number of Topliss-reactive ketones (excluding diaryl/α,β-unsaturated/α-hetero) is 1. The first-order valence-corrected chi connectivity index (χ1v) is 14.1. The minimum absolute atomic E-state index is 0.00611. The molecular weight excluding hydrogens is 528 g/mol. The number of β-lactam (4-membered cyclic amide) rings is 1. The Labute approximate surface area is 229 Å². The molecular formula is C24H34N8O6S. The van der Waals surface area contributed by atoms with Crippen LogP contribution in [0.15, 0.2) is 16.9 Å². The van der Waals surface area contributed by atoms with Crippen LogP contribution in [-0.4, -0.2) is 113 Å². The van der Waals surface area contributed by atoms with Gasteiger partial charge in [-0.05, 0) is 29.2 Å². The molecule has 0 spiro atoms. The van der Waals surface area contributed by atoms with E-state index in [4.69, 9.17) is 5.73 Å². The monoisotopic (exact) mass is 562 g/mol. The number of amides is 2. The third kappa shape index (κ3) is 5.08. The third-order valence-corrected chi connectivity index (χ3v) is 9.82. The average molecular weight is 563 g/mol. The molecule has 0 aromatic carbocycles. The van der Waals surface area contributed by atoms with E-state index in [9.17, 15) is 29.4 Å². The van der Waals surface area contributed by atoms with Gasteiger partial charge in [-0.3, -0.25) is 14.4 Å². The van der Waals surface area contributed by atoms with E-state index in [2.05, 4.69) is 20.8 Å². The average Bonchev–Trinajstić information content (AvgIpc) is 3.67. The number of likely N-dealkylation sites (tertiary alicyclic amines) is 1. The van der Waals surface area contributed by atoms with E-state index >= 15 is 0 Å². The summed E-state index contributed by atoms with van der Waals surface area (Å²) < 4.78 is 1.33. The van der Waals surface area contributed by atoms with Crippen molar-refractivity contribution in [3.05, 3.63) is 16.9 Å². The number of nitrogens with zero attached hydrogens (tertiary/aromatic N) is 6. The first-order chi connectivity index (χ1) is 18.6. The topological polar surface area (TPSA) is 197 Å². The molecule has 2 amide bonds. The second kappa shape index (κ2) is 10.9. The van der Waals surface area contributed by atoms with Crippen molar-refractivity contribution < 1.29 is 29.4 Å². The molecule has 5 N–H and O–H groups in total. The Bertz CT molecular complexity index is 1180. The highest BCUT2D eigenvalue weighted by Gasteiger charge is 2.60. The fraction of sp³-hybridized carbons (Fsp3) is 0.708. The molecule has 5 heterocycles. The van der Waals surface area contributed by atoms with E-state index in [0.29, 0.717) is 30.8 Å². The van der Waals surface area contributed by atoms with Crippen molar-refractivity contribution >= 4 is 35.3 Å². The number of carboxylic acids is 1. The number of carbonyl (C=O) groups is 4. The van der Waals surface area contributed by atoms with Gasteiger partial charge in [-0.2, -0.15) is 0 Å². The Morgan fingerprint density at radius 3 is 2.74 bits per heavy atom. The Kier molecular flexibility index (Phi) is 7.77. The maximum Gasteiger partial charge on any atom is 0.353 e. The van der Waals surface area contributed by atoms with E-state index in [-0.39, 0.29) is 78.1 Å². The van der Waals surface area contributed by atoms with Gasteiger partial charge in [-0.1, -0.05) is 13.8 Å². The molecule has 4 aliphatic heterocycles. The maximum atomic E-state index is 13.2. The summed E-state index contributed by atoms with van der Waals surface area (Å²) in [4.78, 5) is 54.8. The van der Waals surface area contributed by atoms with E-state index in [1.54, 1.807) is 4.90 Å². The zero-order chi connectivity index (χ0) is 28.0. The van der Waals surface area contributed by atoms with Gasteiger partial charge < -0.3 is 31.1 Å². The van der Waals surface area contributed by atoms with Gasteiger partial charge in [0.2, 0.25) is 11.8 Å². The highest BCUT2D eigenvalue weighted by atomic mass is 32.2. The molecule has 15 heteroatoms. The summed E-state index contributed by atoms with van der Waals surface area (Å²) in [5.41, 5.74) is 6.01. The normalized spacial score (nSPS) is 32.9. The van der Waals surface area contributed by atoms with Crippen molar-refractivity contribution in [3.8, 4) is 0 Å². The van der Waals surface area contributed by atoms with Crippen LogP contribution in [0, 0.1) is 17.8 Å². The van der Waals surface area contributed by atoms with Gasteiger partial charge in [-0.25, -0.2) is 9.48 Å². The zero-order valence-corrected chi connectivity index (χ0v) is 22.7. The van der Waals surface area contributed by atoms with Gasteiger partial charge >= 0.3 is 5.97 Å². The summed E-state index contributed by atoms with van der Waals surface area (Å²) in [6.07, 6.45) is 2.57. The van der Waals surface area contributed by atoms with E-state index in [0.717, 1.165) is 0 Å². The number of aliphatic carboxylic acids is 1. The fourth-order valence-corrected chi connectivity index (χ4v) is 7.99. The largest absolute Gasteiger partial charge is 0.477 e. The van der Waals surface area contributed by atoms with Crippen LogP contribution < -0.4 is 11.1 Å². The van der Waals surface area contributed by atoms with Crippen LogP contribution in [0.1, 0.15) is 33.1 Å². The summed E-state index contributed by atoms with van der Waals surface area (Å²) in [6.45, 7) is 4.56. The van der Waals surface area contributed by atoms with E-state index in [1.807, 2.05) is 13.8 Å². The molecule has 0 aliphatic carbocycles. The number of tetrazole rings is 1. The molecule has 14 nitrogen and oxygen atoms in total. The van der Waals surface area contributed by atoms with Crippen molar-refractivity contribution in [3.63, 3.8) is 0 Å². The SMILES string of the molecule is C[C@@H](CC(=O)Cn1cnnn1)[C@H]1C(=O)N2C(C(=O)O)=C(S[C@@H]3CNC(C(=O)N4C[C@H](N)C[C@H]4CO)C3)[C@H](C)[C@H]12. The number of thioether (sulfide) groups is 1. The highest BCUT2D eigenvalue weighted by molar-refractivity contribution is 8.03. The summed E-state index contributed by atoms with van der Waals surface area (Å²) in [6, 6.07) is -1.21. The molecule has 212 valence electrons. The second-order valence-corrected chi connectivity index (χ2v) is 12.4. The molecule has 1 aromatic heterocycles. The molecule has 0 radical (unpaired) electrons. The van der Waals surface area contributed by atoms with Crippen LogP contribution in [0.4, 0.5) is 0 Å². The van der Waals surface area contributed by atoms with Crippen molar-refractivity contribution in [1.82, 2.24) is 35.3 Å². The summed E-state index contributed by atoms with van der Waals surface area (Å²) in [7, 11) is 0. The molecule has 1 aromatic rings. The van der Waals surface area contributed by atoms with E-state index < -0.39 is 17.9 Å². The number of nitrogens with two attached hydrogens (primary N) is 1. The van der Waals surface area contributed by atoms with E-state index in [1.165, 1.54) is 27.7 Å². The lowest BCUT2D eigenvalue weighted by molar-refractivity contribution is -0.160. The second-order valence-electron chi connectivity index (χ2n) is 11.0. The Hall–Kier alpha value is -2.88. The Balaban J connectivity index is 1.23. The number of hydrogen-bond donors (Lipinski definition) is 4. The molecule has 3 saturated heterocycles. The summed E-state index contributed by atoms with van der Waals surface area (Å²) in [5.74, 6) is -2.59. The van der Waals surface area contributed by atoms with Crippen LogP contribution in [0.2, 0.25) is 0 Å². The molecule has 4 aliphatic rings. The van der Waals surface area contributed by atoms with Crippen LogP contribution in [0.3, 0.4) is 0 Å². The number of fused-ring (bicyclic) bond motifs is 1. The van der Waals surface area contributed by atoms with Gasteiger partial charge in [0, 0.05) is 41.6 Å². The predicted octanol–water partition coefficient (Wildman–Crippen LogP) is -1.57. The molecule has 1 unspecified atom stereocenters. The molecule has 0 saturated carbocycles. The first kappa shape index (κ1) is 27.7. The van der Waals surface area contributed by atoms with Gasteiger partial charge in [0.25, 0.3) is 0 Å². The summed E-state index contributed by atoms with van der Waals surface area (Å²) in [5, 5.41) is 33.6. The number of aliphatic hydroxyl groups is 1. The molecule has 3 fully saturated rings. The van der Waals surface area contributed by atoms with Gasteiger partial charge in [0.1, 0.15) is 18.6 Å². The number of aliphatic hydroxyl groups excluding tert-OH is 1. The van der Waals surface area contributed by atoms with Crippen molar-refractivity contribution in [2.24, 2.45) is 23.5 Å². The Morgan fingerprint density at radius 1 is 1.31 bits per heavy atom. The fourth-order valence-electron chi connectivity index (χ4n) is 6.51. The number of ketones is 1. The predicted molar refractivity (Wildman–Crippen MR) is 138 cm³/mol. The van der Waals surface area contributed by atoms with Crippen LogP contribution in [-0.2, 0) is 25.7 Å². The number of rotatable bonds is 10. The number of carbonyl (C=O) groups excluding carboxylic acids is 3. The first-order valence-electron chi connectivity index (χ1n) is 13.2. The lowest BCUT2D eigenvalue weighted by Gasteiger charge is -2.47. The number of nitrogens with one attached hydrogen (secondary N) is 1. The molecule has 8 atom stereocenters. The lowest BCUT2D eigenvalue weighted by atomic mass is 9.73. The van der Waals surface area contributed by atoms with Crippen molar-refractivity contribution in [2.45, 2.75) is 69.1 Å². The molecule has 0 bridgehead atoms. The van der Waals surface area contributed by atoms with Crippen LogP contribution in [0.5, 0.6) is 0 Å². The van der Waals surface area contributed by atoms with Gasteiger partial charge in [0.05, 0.1) is 30.7 Å². The zero-order valence-electron chi connectivity index (χ0n) is 21.8.